The van der Waals surface area contributed by atoms with Crippen molar-refractivity contribution in [3.05, 3.63) is 24.4 Å². The van der Waals surface area contributed by atoms with Crippen LogP contribution in [-0.2, 0) is 0 Å². The van der Waals surface area contributed by atoms with Gasteiger partial charge >= 0.3 is 0 Å². The Kier molecular flexibility index (Phi) is 4.93. The Morgan fingerprint density at radius 1 is 1.55 bits per heavy atom. The molecule has 0 amide bonds. The molecule has 2 nitrogen and oxygen atoms in total. The lowest BCUT2D eigenvalue weighted by atomic mass is 10.3. The molecule has 0 atom stereocenters. The fourth-order valence-corrected chi connectivity index (χ4v) is 0.889. The molecular weight excluding hydrogens is 136 g/mol. The van der Waals surface area contributed by atoms with Crippen molar-refractivity contribution in [1.29, 1.82) is 5.26 Å². The lowest BCUT2D eigenvalue weighted by molar-refractivity contribution is 0.397. The summed E-state index contributed by atoms with van der Waals surface area (Å²) >= 11 is 0. The van der Waals surface area contributed by atoms with Gasteiger partial charge in [-0.2, -0.15) is 5.26 Å². The van der Waals surface area contributed by atoms with Gasteiger partial charge in [0.1, 0.15) is 11.8 Å². The number of allylic oxidation sites excluding steroid dienone is 3. The zero-order valence-electron chi connectivity index (χ0n) is 7.17. The third kappa shape index (κ3) is 2.90. The minimum absolute atomic E-state index is 0.685. The van der Waals surface area contributed by atoms with Gasteiger partial charge in [0, 0.05) is 13.1 Å². The van der Waals surface area contributed by atoms with Crippen LogP contribution >= 0.6 is 0 Å². The van der Waals surface area contributed by atoms with Crippen LogP contribution in [0, 0.1) is 11.3 Å². The molecule has 0 aliphatic heterocycles. The van der Waals surface area contributed by atoms with Crippen LogP contribution in [-0.4, -0.2) is 18.0 Å². The fourth-order valence-electron chi connectivity index (χ4n) is 0.889. The van der Waals surface area contributed by atoms with Crippen LogP contribution in [0.2, 0.25) is 0 Å². The van der Waals surface area contributed by atoms with Crippen molar-refractivity contribution in [1.82, 2.24) is 4.90 Å². The van der Waals surface area contributed by atoms with Crippen LogP contribution in [0.15, 0.2) is 24.4 Å². The van der Waals surface area contributed by atoms with E-state index in [0.717, 1.165) is 13.1 Å². The molecule has 0 aliphatic rings. The van der Waals surface area contributed by atoms with Crippen LogP contribution in [0.4, 0.5) is 0 Å². The molecule has 0 unspecified atom stereocenters. The van der Waals surface area contributed by atoms with Crippen molar-refractivity contribution in [2.45, 2.75) is 13.8 Å². The quantitative estimate of drug-likeness (QED) is 0.452. The van der Waals surface area contributed by atoms with Gasteiger partial charge in [0.25, 0.3) is 0 Å². The Labute approximate surface area is 68.4 Å². The van der Waals surface area contributed by atoms with E-state index in [4.69, 9.17) is 5.26 Å². The highest BCUT2D eigenvalue weighted by Crippen LogP contribution is 2.01. The summed E-state index contributed by atoms with van der Waals surface area (Å²) in [7, 11) is 0. The molecule has 0 N–H and O–H groups in total. The molecule has 0 aliphatic carbocycles. The van der Waals surface area contributed by atoms with Gasteiger partial charge in [-0.3, -0.25) is 0 Å². The number of hydrogen-bond acceptors (Lipinski definition) is 2. The second kappa shape index (κ2) is 5.55. The molecule has 0 aromatic heterocycles. The zero-order valence-corrected chi connectivity index (χ0v) is 7.17. The Morgan fingerprint density at radius 3 is 2.36 bits per heavy atom. The fraction of sp³-hybridized carbons (Fsp3) is 0.444. The maximum atomic E-state index is 8.68. The normalized spacial score (nSPS) is 10.5. The lowest BCUT2D eigenvalue weighted by Crippen LogP contribution is -2.21. The molecule has 0 bridgehead atoms. The van der Waals surface area contributed by atoms with Gasteiger partial charge in [0.2, 0.25) is 0 Å². The zero-order chi connectivity index (χ0) is 8.69. The highest BCUT2D eigenvalue weighted by Gasteiger charge is 2.01. The van der Waals surface area contributed by atoms with Gasteiger partial charge in [-0.1, -0.05) is 12.7 Å². The van der Waals surface area contributed by atoms with Crippen molar-refractivity contribution in [3.63, 3.8) is 0 Å². The lowest BCUT2D eigenvalue weighted by Gasteiger charge is -2.18. The second-order valence-electron chi connectivity index (χ2n) is 2.07. The molecule has 2 heteroatoms. The van der Waals surface area contributed by atoms with Crippen molar-refractivity contribution >= 4 is 0 Å². The van der Waals surface area contributed by atoms with Gasteiger partial charge in [0.05, 0.1) is 0 Å². The van der Waals surface area contributed by atoms with Gasteiger partial charge in [-0.25, -0.2) is 0 Å². The first kappa shape index (κ1) is 9.77. The maximum Gasteiger partial charge on any atom is 0.117 e. The van der Waals surface area contributed by atoms with Gasteiger partial charge in [-0.15, -0.1) is 0 Å². The van der Waals surface area contributed by atoms with Crippen LogP contribution in [0.1, 0.15) is 13.8 Å². The summed E-state index contributed by atoms with van der Waals surface area (Å²) in [4.78, 5) is 1.99. The molecule has 0 radical (unpaired) electrons. The molecule has 60 valence electrons. The largest absolute Gasteiger partial charge is 0.364 e. The average molecular weight is 150 g/mol. The topological polar surface area (TPSA) is 27.0 Å². The monoisotopic (exact) mass is 150 g/mol. The minimum Gasteiger partial charge on any atom is -0.364 e. The highest BCUT2D eigenvalue weighted by molar-refractivity contribution is 5.23. The Bertz CT molecular complexity index is 182. The van der Waals surface area contributed by atoms with Crippen molar-refractivity contribution in [2.24, 2.45) is 0 Å². The van der Waals surface area contributed by atoms with E-state index in [1.54, 1.807) is 12.2 Å². The van der Waals surface area contributed by atoms with E-state index < -0.39 is 0 Å². The van der Waals surface area contributed by atoms with Gasteiger partial charge in [-0.05, 0) is 19.9 Å². The summed E-state index contributed by atoms with van der Waals surface area (Å²) in [6.07, 6.45) is 3.36. The SMILES string of the molecule is C=C/C=C(/C#N)N(CC)CC. The van der Waals surface area contributed by atoms with Crippen molar-refractivity contribution in [3.8, 4) is 6.07 Å². The summed E-state index contributed by atoms with van der Waals surface area (Å²) in [6.45, 7) is 9.33. The smallest absolute Gasteiger partial charge is 0.117 e. The van der Waals surface area contributed by atoms with E-state index in [1.165, 1.54) is 0 Å². The third-order valence-corrected chi connectivity index (χ3v) is 1.49. The van der Waals surface area contributed by atoms with E-state index in [9.17, 15) is 0 Å². The number of nitriles is 1. The summed E-state index contributed by atoms with van der Waals surface area (Å²) in [6, 6.07) is 2.12. The Balaban J connectivity index is 4.36. The second-order valence-corrected chi connectivity index (χ2v) is 2.07. The number of nitrogens with zero attached hydrogens (tertiary/aromatic N) is 2. The Hall–Kier alpha value is -1.23. The molecule has 0 rings (SSSR count). The van der Waals surface area contributed by atoms with Gasteiger partial charge in [0.15, 0.2) is 0 Å². The predicted octanol–water partition coefficient (Wildman–Crippen LogP) is 1.92. The predicted molar refractivity (Wildman–Crippen MR) is 46.8 cm³/mol. The maximum absolute atomic E-state index is 8.68. The third-order valence-electron chi connectivity index (χ3n) is 1.49. The summed E-state index contributed by atoms with van der Waals surface area (Å²) in [5.74, 6) is 0. The Morgan fingerprint density at radius 2 is 2.09 bits per heavy atom. The van der Waals surface area contributed by atoms with Crippen LogP contribution in [0.5, 0.6) is 0 Å². The minimum atomic E-state index is 0.685. The molecule has 0 aromatic carbocycles. The molecule has 11 heavy (non-hydrogen) atoms. The van der Waals surface area contributed by atoms with Gasteiger partial charge < -0.3 is 4.90 Å². The highest BCUT2D eigenvalue weighted by atomic mass is 15.1. The van der Waals surface area contributed by atoms with E-state index in [0.29, 0.717) is 5.70 Å². The van der Waals surface area contributed by atoms with Crippen molar-refractivity contribution < 1.29 is 0 Å². The summed E-state index contributed by atoms with van der Waals surface area (Å²) < 4.78 is 0. The molecule has 0 saturated heterocycles. The van der Waals surface area contributed by atoms with E-state index in [1.807, 2.05) is 18.7 Å². The van der Waals surface area contributed by atoms with Crippen LogP contribution in [0.25, 0.3) is 0 Å². The summed E-state index contributed by atoms with van der Waals surface area (Å²) in [5.41, 5.74) is 0.685. The number of rotatable bonds is 4. The molecule has 0 heterocycles. The molecule has 0 spiro atoms. The first-order chi connectivity index (χ1) is 5.29. The standard InChI is InChI=1S/C9H14N2/c1-4-7-9(8-10)11(5-2)6-3/h4,7H,1,5-6H2,2-3H3/b9-7-. The van der Waals surface area contributed by atoms with E-state index >= 15 is 0 Å². The van der Waals surface area contributed by atoms with Crippen LogP contribution < -0.4 is 0 Å². The molecular formula is C9H14N2. The molecule has 0 fully saturated rings. The van der Waals surface area contributed by atoms with E-state index in [-0.39, 0.29) is 0 Å². The first-order valence-corrected chi connectivity index (χ1v) is 3.77. The number of hydrogen-bond donors (Lipinski definition) is 0. The molecule has 0 aromatic rings. The van der Waals surface area contributed by atoms with Crippen LogP contribution in [0.3, 0.4) is 0 Å². The summed E-state index contributed by atoms with van der Waals surface area (Å²) in [5, 5.41) is 8.68. The van der Waals surface area contributed by atoms with Crippen molar-refractivity contribution in [2.75, 3.05) is 13.1 Å². The first-order valence-electron chi connectivity index (χ1n) is 3.77. The average Bonchev–Trinajstić information content (AvgIpc) is 2.05. The van der Waals surface area contributed by atoms with E-state index in [2.05, 4.69) is 12.6 Å². The molecule has 0 saturated carbocycles.